The molecule has 6 N–H and O–H groups in total. The van der Waals surface area contributed by atoms with Crippen LogP contribution in [0.15, 0.2) is 35.2 Å². The Labute approximate surface area is 262 Å². The van der Waals surface area contributed by atoms with Crippen molar-refractivity contribution in [2.45, 2.75) is 66.2 Å². The van der Waals surface area contributed by atoms with Crippen molar-refractivity contribution in [3.05, 3.63) is 80.2 Å². The number of thiol groups is 1. The molecule has 2 aromatic heterocycles. The second kappa shape index (κ2) is 13.6. The van der Waals surface area contributed by atoms with Crippen LogP contribution in [0, 0.1) is 25.7 Å². The highest BCUT2D eigenvalue weighted by atomic mass is 32.1. The van der Waals surface area contributed by atoms with Gasteiger partial charge in [0.05, 0.1) is 0 Å². The van der Waals surface area contributed by atoms with Crippen molar-refractivity contribution < 1.29 is 29.4 Å². The van der Waals surface area contributed by atoms with E-state index in [2.05, 4.69) is 39.8 Å². The van der Waals surface area contributed by atoms with Gasteiger partial charge in [0.15, 0.2) is 0 Å². The molecule has 11 heteroatoms. The molecule has 1 unspecified atom stereocenters. The summed E-state index contributed by atoms with van der Waals surface area (Å²) in [6, 6.07) is 0. The average Bonchev–Trinajstić information content (AvgIpc) is 3.60. The molecule has 2 aromatic rings. The van der Waals surface area contributed by atoms with Crippen molar-refractivity contribution in [3.63, 3.8) is 0 Å². The number of aliphatic carboxylic acids is 2. The van der Waals surface area contributed by atoms with Gasteiger partial charge in [-0.3, -0.25) is 19.2 Å². The Morgan fingerprint density at radius 1 is 0.909 bits per heavy atom. The van der Waals surface area contributed by atoms with Gasteiger partial charge < -0.3 is 30.8 Å². The Morgan fingerprint density at radius 2 is 1.45 bits per heavy atom. The topological polar surface area (TPSA) is 164 Å². The molecule has 0 spiro atoms. The molecule has 0 radical (unpaired) electrons. The molecule has 0 bridgehead atoms. The number of H-pyrrole nitrogens is 2. The first-order chi connectivity index (χ1) is 20.9. The van der Waals surface area contributed by atoms with E-state index in [0.717, 1.165) is 62.7 Å². The fourth-order valence-corrected chi connectivity index (χ4v) is 6.40. The van der Waals surface area contributed by atoms with E-state index < -0.39 is 11.9 Å². The monoisotopic (exact) mass is 620 g/mol. The van der Waals surface area contributed by atoms with Gasteiger partial charge in [0, 0.05) is 70.8 Å². The molecule has 2 aliphatic rings. The van der Waals surface area contributed by atoms with Crippen LogP contribution >= 0.6 is 12.6 Å². The molecule has 0 aliphatic carbocycles. The molecule has 2 atom stereocenters. The van der Waals surface area contributed by atoms with Crippen molar-refractivity contribution in [1.29, 1.82) is 0 Å². The molecule has 234 valence electrons. The van der Waals surface area contributed by atoms with E-state index in [9.17, 15) is 29.4 Å². The summed E-state index contributed by atoms with van der Waals surface area (Å²) in [6.07, 6.45) is 6.91. The average molecular weight is 621 g/mol. The summed E-state index contributed by atoms with van der Waals surface area (Å²) < 4.78 is 0. The second-order valence-corrected chi connectivity index (χ2v) is 11.9. The number of rotatable bonds is 13. The largest absolute Gasteiger partial charge is 0.481 e. The van der Waals surface area contributed by atoms with Crippen LogP contribution in [0.2, 0.25) is 0 Å². The SMILES string of the molecule is C=CC1=C(C)/C(=C\c2[nH]c(Cc3[nH]c(/C=C4\NC(=O)[C@@H](C)C4CCS)c(C)c3CCC(=O)O)c(CCC(=O)O)c2C)NC1=O. The van der Waals surface area contributed by atoms with Gasteiger partial charge in [0.25, 0.3) is 5.91 Å². The minimum atomic E-state index is -0.913. The number of amides is 2. The highest BCUT2D eigenvalue weighted by molar-refractivity contribution is 7.80. The van der Waals surface area contributed by atoms with E-state index in [1.807, 2.05) is 39.8 Å². The number of nitrogens with one attached hydrogen (secondary N) is 4. The first-order valence-corrected chi connectivity index (χ1v) is 15.3. The van der Waals surface area contributed by atoms with E-state index in [1.54, 1.807) is 0 Å². The van der Waals surface area contributed by atoms with Gasteiger partial charge in [-0.1, -0.05) is 19.6 Å². The minimum absolute atomic E-state index is 0.00748. The Kier molecular flexibility index (Phi) is 10.1. The van der Waals surface area contributed by atoms with Crippen molar-refractivity contribution in [2.24, 2.45) is 11.8 Å². The van der Waals surface area contributed by atoms with Gasteiger partial charge in [0.1, 0.15) is 0 Å². The smallest absolute Gasteiger partial charge is 0.303 e. The number of hydrogen-bond donors (Lipinski definition) is 7. The number of carbonyl (C=O) groups is 4. The Morgan fingerprint density at radius 3 is 1.93 bits per heavy atom. The minimum Gasteiger partial charge on any atom is -0.481 e. The van der Waals surface area contributed by atoms with Crippen LogP contribution in [0.4, 0.5) is 0 Å². The van der Waals surface area contributed by atoms with Crippen LogP contribution in [0.3, 0.4) is 0 Å². The van der Waals surface area contributed by atoms with Gasteiger partial charge in [-0.25, -0.2) is 0 Å². The van der Waals surface area contributed by atoms with Gasteiger partial charge in [-0.2, -0.15) is 12.6 Å². The van der Waals surface area contributed by atoms with E-state index in [-0.39, 0.29) is 36.5 Å². The summed E-state index contributed by atoms with van der Waals surface area (Å²) in [6.45, 7) is 11.3. The highest BCUT2D eigenvalue weighted by Gasteiger charge is 2.35. The molecule has 44 heavy (non-hydrogen) atoms. The number of carboxylic acids is 2. The summed E-state index contributed by atoms with van der Waals surface area (Å²) in [5.41, 5.74) is 9.38. The second-order valence-electron chi connectivity index (χ2n) is 11.5. The van der Waals surface area contributed by atoms with E-state index in [0.29, 0.717) is 36.3 Å². The Balaban J connectivity index is 1.79. The first kappa shape index (κ1) is 32.7. The van der Waals surface area contributed by atoms with Gasteiger partial charge in [0.2, 0.25) is 5.91 Å². The fourth-order valence-electron chi connectivity index (χ4n) is 6.13. The molecule has 1 saturated heterocycles. The number of carbonyl (C=O) groups excluding carboxylic acids is 2. The molecular formula is C33H40N4O6S. The fraction of sp³-hybridized carbons (Fsp3) is 0.394. The van der Waals surface area contributed by atoms with Crippen molar-refractivity contribution in [3.8, 4) is 0 Å². The van der Waals surface area contributed by atoms with Crippen LogP contribution in [0.1, 0.15) is 78.1 Å². The number of hydrogen-bond acceptors (Lipinski definition) is 5. The molecular weight excluding hydrogens is 580 g/mol. The molecule has 4 heterocycles. The van der Waals surface area contributed by atoms with Gasteiger partial charge in [-0.05, 0) is 85.8 Å². The van der Waals surface area contributed by atoms with E-state index in [1.165, 1.54) is 6.08 Å². The van der Waals surface area contributed by atoms with Crippen molar-refractivity contribution in [2.75, 3.05) is 5.75 Å². The summed E-state index contributed by atoms with van der Waals surface area (Å²) in [5.74, 6) is -1.61. The first-order valence-electron chi connectivity index (χ1n) is 14.7. The lowest BCUT2D eigenvalue weighted by Crippen LogP contribution is -2.16. The molecule has 1 fully saturated rings. The van der Waals surface area contributed by atoms with Crippen LogP contribution in [-0.4, -0.2) is 49.7 Å². The lowest BCUT2D eigenvalue weighted by Gasteiger charge is -2.12. The third-order valence-electron chi connectivity index (χ3n) is 8.76. The predicted octanol–water partition coefficient (Wildman–Crippen LogP) is 4.60. The van der Waals surface area contributed by atoms with Crippen LogP contribution < -0.4 is 10.6 Å². The van der Waals surface area contributed by atoms with Crippen LogP contribution in [0.25, 0.3) is 12.2 Å². The lowest BCUT2D eigenvalue weighted by atomic mass is 9.91. The third kappa shape index (κ3) is 6.77. The maximum absolute atomic E-state index is 12.5. The summed E-state index contributed by atoms with van der Waals surface area (Å²) in [7, 11) is 0. The molecule has 0 aromatic carbocycles. The Hall–Kier alpha value is -4.25. The molecule has 4 rings (SSSR count). The Bertz CT molecular complexity index is 1620. The lowest BCUT2D eigenvalue weighted by molar-refractivity contribution is -0.138. The van der Waals surface area contributed by atoms with Crippen molar-refractivity contribution >= 4 is 48.5 Å². The van der Waals surface area contributed by atoms with Crippen LogP contribution in [0.5, 0.6) is 0 Å². The van der Waals surface area contributed by atoms with E-state index >= 15 is 0 Å². The number of allylic oxidation sites excluding steroid dienone is 2. The van der Waals surface area contributed by atoms with Gasteiger partial charge >= 0.3 is 11.9 Å². The summed E-state index contributed by atoms with van der Waals surface area (Å²) >= 11 is 4.38. The molecule has 10 nitrogen and oxygen atoms in total. The van der Waals surface area contributed by atoms with Crippen molar-refractivity contribution in [1.82, 2.24) is 20.6 Å². The predicted molar refractivity (Wildman–Crippen MR) is 172 cm³/mol. The highest BCUT2D eigenvalue weighted by Crippen LogP contribution is 2.34. The zero-order chi connectivity index (χ0) is 32.3. The summed E-state index contributed by atoms with van der Waals surface area (Å²) in [4.78, 5) is 54.9. The number of aromatic amines is 2. The number of carboxylic acid groups (broad SMARTS) is 2. The number of aromatic nitrogens is 2. The molecule has 2 amide bonds. The third-order valence-corrected chi connectivity index (χ3v) is 9.02. The standard InChI is InChI=1S/C33H40N4O6S/c1-6-20-16(2)26(36-33(20)43)13-24-17(3)21(7-9-30(38)39)27(34-24)15-28-22(8-10-31(40)41)18(4)25(35-28)14-29-23(11-12-44)19(5)32(42)37-29/h6,13-14,19,23,34-35,44H,1,7-12,15H2,2-5H3,(H,36,43)(H,37,42)(H,38,39)(H,40,41)/b26-13+,29-14-/t19-,23?/m0/s1. The van der Waals surface area contributed by atoms with Crippen LogP contribution in [-0.2, 0) is 38.4 Å². The van der Waals surface area contributed by atoms with E-state index in [4.69, 9.17) is 0 Å². The normalized spacial score (nSPS) is 20.1. The quantitative estimate of drug-likeness (QED) is 0.162. The zero-order valence-corrected chi connectivity index (χ0v) is 26.4. The zero-order valence-electron chi connectivity index (χ0n) is 25.5. The molecule has 2 aliphatic heterocycles. The maximum atomic E-state index is 12.5. The maximum Gasteiger partial charge on any atom is 0.303 e. The summed E-state index contributed by atoms with van der Waals surface area (Å²) in [5, 5.41) is 24.8. The van der Waals surface area contributed by atoms with Gasteiger partial charge in [-0.15, -0.1) is 0 Å². The molecule has 0 saturated carbocycles.